The van der Waals surface area contributed by atoms with Crippen molar-refractivity contribution in [3.05, 3.63) is 86.0 Å². The molecule has 0 fully saturated rings. The molecule has 0 bridgehead atoms. The monoisotopic (exact) mass is 461 g/mol. The first kappa shape index (κ1) is 21.2. The van der Waals surface area contributed by atoms with Crippen LogP contribution in [0.5, 0.6) is 11.5 Å². The van der Waals surface area contributed by atoms with E-state index in [2.05, 4.69) is 5.10 Å². The van der Waals surface area contributed by atoms with E-state index in [9.17, 15) is 9.59 Å². The second-order valence-electron chi connectivity index (χ2n) is 7.90. The molecule has 7 nitrogen and oxygen atoms in total. The molecule has 4 aromatic rings. The van der Waals surface area contributed by atoms with Gasteiger partial charge in [0.25, 0.3) is 11.5 Å². The normalized spacial score (nSPS) is 15.4. The molecular weight excluding hydrogens is 438 g/mol. The third kappa shape index (κ3) is 3.47. The molecule has 1 aliphatic rings. The Bertz CT molecular complexity index is 1410. The molecule has 2 aromatic carbocycles. The Hall–Kier alpha value is -3.65. The molecule has 33 heavy (non-hydrogen) atoms. The molecule has 0 saturated heterocycles. The van der Waals surface area contributed by atoms with Gasteiger partial charge in [0, 0.05) is 23.9 Å². The van der Waals surface area contributed by atoms with E-state index in [1.54, 1.807) is 50.8 Å². The molecule has 0 radical (unpaired) electrons. The first-order valence-corrected chi connectivity index (χ1v) is 11.5. The van der Waals surface area contributed by atoms with Gasteiger partial charge in [-0.15, -0.1) is 11.3 Å². The van der Waals surface area contributed by atoms with Crippen LogP contribution in [-0.2, 0) is 13.5 Å². The number of fused-ring (bicyclic) bond motifs is 2. The minimum absolute atomic E-state index is 0.208. The van der Waals surface area contributed by atoms with Crippen molar-refractivity contribution < 1.29 is 14.3 Å². The summed E-state index contributed by atoms with van der Waals surface area (Å²) in [5.41, 5.74) is 2.17. The summed E-state index contributed by atoms with van der Waals surface area (Å²) in [6.07, 6.45) is 0.674. The average Bonchev–Trinajstić information content (AvgIpc) is 3.38. The van der Waals surface area contributed by atoms with E-state index in [0.29, 0.717) is 35.2 Å². The van der Waals surface area contributed by atoms with Gasteiger partial charge in [-0.2, -0.15) is 5.10 Å². The van der Waals surface area contributed by atoms with Crippen LogP contribution in [0.3, 0.4) is 0 Å². The van der Waals surface area contributed by atoms with Crippen molar-refractivity contribution in [1.29, 1.82) is 0 Å². The van der Waals surface area contributed by atoms with E-state index in [0.717, 1.165) is 16.0 Å². The van der Waals surface area contributed by atoms with Gasteiger partial charge in [-0.3, -0.25) is 9.59 Å². The molecule has 0 aliphatic carbocycles. The van der Waals surface area contributed by atoms with Crippen molar-refractivity contribution in [2.75, 3.05) is 20.8 Å². The highest BCUT2D eigenvalue weighted by Gasteiger charge is 2.35. The van der Waals surface area contributed by atoms with E-state index in [1.165, 1.54) is 4.68 Å². The van der Waals surface area contributed by atoms with Gasteiger partial charge in [-0.25, -0.2) is 4.68 Å². The third-order valence-corrected chi connectivity index (χ3v) is 7.03. The lowest BCUT2D eigenvalue weighted by Gasteiger charge is -2.37. The Morgan fingerprint density at radius 2 is 1.79 bits per heavy atom. The highest BCUT2D eigenvalue weighted by molar-refractivity contribution is 7.10. The zero-order chi connectivity index (χ0) is 23.1. The average molecular weight is 462 g/mol. The molecule has 1 amide bonds. The Morgan fingerprint density at radius 3 is 2.48 bits per heavy atom. The lowest BCUT2D eigenvalue weighted by atomic mass is 9.90. The molecule has 0 spiro atoms. The number of thiophene rings is 1. The SMILES string of the molecule is COc1cc2c(cc1OC)[C@@H](c1cccs1)N(C(=O)c1nn(C)c(=O)c3ccccc13)CC2. The van der Waals surface area contributed by atoms with Crippen LogP contribution in [0.2, 0.25) is 0 Å². The van der Waals surface area contributed by atoms with Crippen molar-refractivity contribution >= 4 is 28.0 Å². The molecule has 2 aromatic heterocycles. The minimum atomic E-state index is -0.293. The van der Waals surface area contributed by atoms with E-state index >= 15 is 0 Å². The number of benzene rings is 2. The molecular formula is C25H23N3O4S. The van der Waals surface area contributed by atoms with Crippen LogP contribution in [0.4, 0.5) is 0 Å². The smallest absolute Gasteiger partial charge is 0.275 e. The Labute approximate surface area is 194 Å². The van der Waals surface area contributed by atoms with Crippen molar-refractivity contribution in [2.24, 2.45) is 7.05 Å². The number of hydrogen-bond donors (Lipinski definition) is 0. The highest BCUT2D eigenvalue weighted by Crippen LogP contribution is 2.42. The Balaban J connectivity index is 1.68. The van der Waals surface area contributed by atoms with Crippen molar-refractivity contribution in [2.45, 2.75) is 12.5 Å². The van der Waals surface area contributed by atoms with Crippen LogP contribution < -0.4 is 15.0 Å². The lowest BCUT2D eigenvalue weighted by molar-refractivity contribution is 0.0690. The Kier molecular flexibility index (Phi) is 5.38. The standard InChI is InChI=1S/C25H23N3O4S/c1-27-24(29)17-8-5-4-7-16(17)22(26-27)25(30)28-11-10-15-13-19(31-2)20(32-3)14-18(15)23(28)21-9-6-12-33-21/h4-9,12-14,23H,10-11H2,1-3H3/t23-/m0/s1. The molecule has 0 saturated carbocycles. The van der Waals surface area contributed by atoms with Crippen LogP contribution in [-0.4, -0.2) is 41.4 Å². The molecule has 8 heteroatoms. The van der Waals surface area contributed by atoms with Crippen LogP contribution in [0.25, 0.3) is 10.8 Å². The predicted octanol–water partition coefficient (Wildman–Crippen LogP) is 3.80. The zero-order valence-corrected chi connectivity index (χ0v) is 19.4. The van der Waals surface area contributed by atoms with E-state index in [-0.39, 0.29) is 23.2 Å². The number of carbonyl (C=O) groups excluding carboxylic acids is 1. The summed E-state index contributed by atoms with van der Waals surface area (Å²) in [7, 11) is 4.80. The van der Waals surface area contributed by atoms with Gasteiger partial charge in [0.2, 0.25) is 0 Å². The first-order chi connectivity index (χ1) is 16.0. The summed E-state index contributed by atoms with van der Waals surface area (Å²) >= 11 is 1.60. The van der Waals surface area contributed by atoms with Crippen molar-refractivity contribution in [1.82, 2.24) is 14.7 Å². The number of amides is 1. The lowest BCUT2D eigenvalue weighted by Crippen LogP contribution is -2.41. The number of aromatic nitrogens is 2. The fourth-order valence-corrected chi connectivity index (χ4v) is 5.37. The first-order valence-electron chi connectivity index (χ1n) is 10.6. The number of carbonyl (C=O) groups is 1. The quantitative estimate of drug-likeness (QED) is 0.462. The summed E-state index contributed by atoms with van der Waals surface area (Å²) in [5.74, 6) is 1.09. The van der Waals surface area contributed by atoms with Gasteiger partial charge in [0.1, 0.15) is 0 Å². The molecule has 0 N–H and O–H groups in total. The molecule has 3 heterocycles. The summed E-state index contributed by atoms with van der Waals surface area (Å²) < 4.78 is 12.3. The van der Waals surface area contributed by atoms with Gasteiger partial charge in [-0.05, 0) is 47.2 Å². The summed E-state index contributed by atoms with van der Waals surface area (Å²) in [5, 5.41) is 7.43. The summed E-state index contributed by atoms with van der Waals surface area (Å²) in [6.45, 7) is 0.517. The number of nitrogens with zero attached hydrogens (tertiary/aromatic N) is 3. The van der Waals surface area contributed by atoms with Crippen LogP contribution in [0.1, 0.15) is 32.5 Å². The Morgan fingerprint density at radius 1 is 1.06 bits per heavy atom. The molecule has 0 unspecified atom stereocenters. The van der Waals surface area contributed by atoms with Crippen molar-refractivity contribution in [3.8, 4) is 11.5 Å². The number of methoxy groups -OCH3 is 2. The maximum Gasteiger partial charge on any atom is 0.275 e. The van der Waals surface area contributed by atoms with Crippen LogP contribution in [0, 0.1) is 0 Å². The third-order valence-electron chi connectivity index (χ3n) is 6.11. The molecule has 1 aliphatic heterocycles. The van der Waals surface area contributed by atoms with E-state index in [4.69, 9.17) is 9.47 Å². The number of rotatable bonds is 4. The van der Waals surface area contributed by atoms with Crippen LogP contribution >= 0.6 is 11.3 Å². The molecule has 5 rings (SSSR count). The van der Waals surface area contributed by atoms with Gasteiger partial charge in [0.15, 0.2) is 17.2 Å². The van der Waals surface area contributed by atoms with E-state index < -0.39 is 0 Å². The number of aryl methyl sites for hydroxylation is 1. The molecule has 1 atom stereocenters. The largest absolute Gasteiger partial charge is 0.493 e. The summed E-state index contributed by atoms with van der Waals surface area (Å²) in [6, 6.07) is 14.8. The van der Waals surface area contributed by atoms with Crippen LogP contribution in [0.15, 0.2) is 58.7 Å². The maximum absolute atomic E-state index is 14.0. The van der Waals surface area contributed by atoms with Gasteiger partial charge in [0.05, 0.1) is 25.6 Å². The van der Waals surface area contributed by atoms with E-state index in [1.807, 2.05) is 40.6 Å². The van der Waals surface area contributed by atoms with Gasteiger partial charge in [-0.1, -0.05) is 24.3 Å². The minimum Gasteiger partial charge on any atom is -0.493 e. The fourth-order valence-electron chi connectivity index (χ4n) is 4.51. The fraction of sp³-hybridized carbons (Fsp3) is 0.240. The second-order valence-corrected chi connectivity index (χ2v) is 8.87. The zero-order valence-electron chi connectivity index (χ0n) is 18.6. The highest BCUT2D eigenvalue weighted by atomic mass is 32.1. The second kappa shape index (κ2) is 8.37. The summed E-state index contributed by atoms with van der Waals surface area (Å²) in [4.78, 5) is 29.4. The predicted molar refractivity (Wildman–Crippen MR) is 127 cm³/mol. The molecule has 168 valence electrons. The number of ether oxygens (including phenoxy) is 2. The van der Waals surface area contributed by atoms with Gasteiger partial charge < -0.3 is 14.4 Å². The topological polar surface area (TPSA) is 73.7 Å². The maximum atomic E-state index is 14.0. The van der Waals surface area contributed by atoms with Gasteiger partial charge >= 0.3 is 0 Å². The van der Waals surface area contributed by atoms with Crippen molar-refractivity contribution in [3.63, 3.8) is 0 Å². The number of hydrogen-bond acceptors (Lipinski definition) is 6.